The molecular formula is C11H22N2OS. The Morgan fingerprint density at radius 1 is 1.33 bits per heavy atom. The van der Waals surface area contributed by atoms with Crippen molar-refractivity contribution in [1.29, 1.82) is 0 Å². The molecule has 3 N–H and O–H groups in total. The minimum absolute atomic E-state index is 0.129. The first kappa shape index (κ1) is 12.7. The van der Waals surface area contributed by atoms with Crippen LogP contribution in [0.15, 0.2) is 0 Å². The molecule has 1 aliphatic rings. The van der Waals surface area contributed by atoms with Gasteiger partial charge in [0.15, 0.2) is 5.11 Å². The maximum atomic E-state index is 8.64. The van der Waals surface area contributed by atoms with Crippen LogP contribution in [0, 0.1) is 5.92 Å². The molecule has 1 aliphatic carbocycles. The molecule has 0 bridgehead atoms. The van der Waals surface area contributed by atoms with Gasteiger partial charge in [-0.2, -0.15) is 0 Å². The van der Waals surface area contributed by atoms with Gasteiger partial charge in [-0.15, -0.1) is 0 Å². The smallest absolute Gasteiger partial charge is 0.166 e. The SMILES string of the molecule is CC[C@H]1CC[C@H](NC(=S)NCCO)CC1. The molecule has 1 rings (SSSR count). The van der Waals surface area contributed by atoms with Crippen LogP contribution in [0.3, 0.4) is 0 Å². The summed E-state index contributed by atoms with van der Waals surface area (Å²) < 4.78 is 0. The number of aliphatic hydroxyl groups is 1. The van der Waals surface area contributed by atoms with Crippen molar-refractivity contribution < 1.29 is 5.11 Å². The van der Waals surface area contributed by atoms with Crippen LogP contribution in [0.2, 0.25) is 0 Å². The Balaban J connectivity index is 2.15. The molecule has 1 fully saturated rings. The minimum atomic E-state index is 0.129. The lowest BCUT2D eigenvalue weighted by molar-refractivity contribution is 0.295. The molecule has 88 valence electrons. The third-order valence-electron chi connectivity index (χ3n) is 3.16. The Morgan fingerprint density at radius 3 is 2.53 bits per heavy atom. The van der Waals surface area contributed by atoms with Crippen molar-refractivity contribution in [3.05, 3.63) is 0 Å². The standard InChI is InChI=1S/C11H22N2OS/c1-2-9-3-5-10(6-4-9)13-11(15)12-7-8-14/h9-10,14H,2-8H2,1H3,(H2,12,13,15)/t9-,10-. The molecular weight excluding hydrogens is 208 g/mol. The summed E-state index contributed by atoms with van der Waals surface area (Å²) in [4.78, 5) is 0. The maximum absolute atomic E-state index is 8.64. The first-order valence-corrected chi connectivity index (χ1v) is 6.32. The fourth-order valence-corrected chi connectivity index (χ4v) is 2.39. The monoisotopic (exact) mass is 230 g/mol. The van der Waals surface area contributed by atoms with E-state index in [0.29, 0.717) is 17.7 Å². The molecule has 0 unspecified atom stereocenters. The molecule has 0 atom stereocenters. The largest absolute Gasteiger partial charge is 0.395 e. The van der Waals surface area contributed by atoms with Gasteiger partial charge in [-0.25, -0.2) is 0 Å². The van der Waals surface area contributed by atoms with Gasteiger partial charge in [0.1, 0.15) is 0 Å². The summed E-state index contributed by atoms with van der Waals surface area (Å²) in [6, 6.07) is 0.534. The highest BCUT2D eigenvalue weighted by Crippen LogP contribution is 2.26. The summed E-state index contributed by atoms with van der Waals surface area (Å²) >= 11 is 5.12. The van der Waals surface area contributed by atoms with Gasteiger partial charge in [-0.1, -0.05) is 13.3 Å². The molecule has 0 spiro atoms. The zero-order valence-electron chi connectivity index (χ0n) is 9.46. The fraction of sp³-hybridized carbons (Fsp3) is 0.909. The predicted octanol–water partition coefficient (Wildman–Crippen LogP) is 1.41. The number of aliphatic hydroxyl groups excluding tert-OH is 1. The van der Waals surface area contributed by atoms with E-state index in [-0.39, 0.29) is 6.61 Å². The Morgan fingerprint density at radius 2 is 2.00 bits per heavy atom. The van der Waals surface area contributed by atoms with E-state index in [1.807, 2.05) is 0 Å². The van der Waals surface area contributed by atoms with E-state index in [4.69, 9.17) is 17.3 Å². The van der Waals surface area contributed by atoms with E-state index in [9.17, 15) is 0 Å². The predicted molar refractivity (Wildman–Crippen MR) is 66.9 cm³/mol. The Bertz CT molecular complexity index is 191. The molecule has 0 aromatic heterocycles. The van der Waals surface area contributed by atoms with Crippen LogP contribution < -0.4 is 10.6 Å². The van der Waals surface area contributed by atoms with Crippen molar-refractivity contribution in [2.45, 2.75) is 45.1 Å². The van der Waals surface area contributed by atoms with Gasteiger partial charge in [-0.3, -0.25) is 0 Å². The van der Waals surface area contributed by atoms with Crippen LogP contribution in [0.25, 0.3) is 0 Å². The van der Waals surface area contributed by atoms with Gasteiger partial charge in [0, 0.05) is 12.6 Å². The van der Waals surface area contributed by atoms with E-state index in [1.54, 1.807) is 0 Å². The Labute approximate surface area is 97.6 Å². The first-order chi connectivity index (χ1) is 7.26. The van der Waals surface area contributed by atoms with Crippen LogP contribution in [-0.4, -0.2) is 29.4 Å². The third-order valence-corrected chi connectivity index (χ3v) is 3.42. The zero-order chi connectivity index (χ0) is 11.1. The summed E-state index contributed by atoms with van der Waals surface area (Å²) in [6.45, 7) is 2.94. The second kappa shape index (κ2) is 7.01. The van der Waals surface area contributed by atoms with Gasteiger partial charge < -0.3 is 15.7 Å². The number of nitrogens with one attached hydrogen (secondary N) is 2. The molecule has 0 heterocycles. The quantitative estimate of drug-likeness (QED) is 0.639. The summed E-state index contributed by atoms with van der Waals surface area (Å²) in [5.74, 6) is 0.919. The maximum Gasteiger partial charge on any atom is 0.166 e. The lowest BCUT2D eigenvalue weighted by Crippen LogP contribution is -2.44. The van der Waals surface area contributed by atoms with Crippen molar-refractivity contribution in [1.82, 2.24) is 10.6 Å². The summed E-state index contributed by atoms with van der Waals surface area (Å²) in [5, 5.41) is 15.6. The normalized spacial score (nSPS) is 26.0. The average molecular weight is 230 g/mol. The number of thiocarbonyl (C=S) groups is 1. The lowest BCUT2D eigenvalue weighted by atomic mass is 9.85. The molecule has 0 aromatic carbocycles. The fourth-order valence-electron chi connectivity index (χ4n) is 2.12. The van der Waals surface area contributed by atoms with E-state index in [1.165, 1.54) is 32.1 Å². The van der Waals surface area contributed by atoms with Gasteiger partial charge >= 0.3 is 0 Å². The molecule has 0 aromatic rings. The van der Waals surface area contributed by atoms with Crippen molar-refractivity contribution >= 4 is 17.3 Å². The summed E-state index contributed by atoms with van der Waals surface area (Å²) in [5.41, 5.74) is 0. The van der Waals surface area contributed by atoms with Crippen molar-refractivity contribution in [2.24, 2.45) is 5.92 Å². The first-order valence-electron chi connectivity index (χ1n) is 5.91. The van der Waals surface area contributed by atoms with Crippen LogP contribution in [0.4, 0.5) is 0 Å². The average Bonchev–Trinajstić information content (AvgIpc) is 2.27. The van der Waals surface area contributed by atoms with Crippen LogP contribution >= 0.6 is 12.2 Å². The van der Waals surface area contributed by atoms with Crippen LogP contribution in [0.5, 0.6) is 0 Å². The minimum Gasteiger partial charge on any atom is -0.395 e. The van der Waals surface area contributed by atoms with E-state index >= 15 is 0 Å². The van der Waals surface area contributed by atoms with Gasteiger partial charge in [0.05, 0.1) is 6.61 Å². The zero-order valence-corrected chi connectivity index (χ0v) is 10.3. The van der Waals surface area contributed by atoms with E-state index < -0.39 is 0 Å². The van der Waals surface area contributed by atoms with Gasteiger partial charge in [0.25, 0.3) is 0 Å². The topological polar surface area (TPSA) is 44.3 Å². The van der Waals surface area contributed by atoms with Gasteiger partial charge in [-0.05, 0) is 43.8 Å². The van der Waals surface area contributed by atoms with Crippen molar-refractivity contribution in [3.8, 4) is 0 Å². The number of hydrogen-bond acceptors (Lipinski definition) is 2. The van der Waals surface area contributed by atoms with Crippen LogP contribution in [0.1, 0.15) is 39.0 Å². The lowest BCUT2D eigenvalue weighted by Gasteiger charge is -2.29. The Kier molecular flexibility index (Phi) is 5.95. The Hall–Kier alpha value is -0.350. The third kappa shape index (κ3) is 4.80. The van der Waals surface area contributed by atoms with E-state index in [2.05, 4.69) is 17.6 Å². The van der Waals surface area contributed by atoms with Crippen LogP contribution in [-0.2, 0) is 0 Å². The molecule has 0 saturated heterocycles. The highest BCUT2D eigenvalue weighted by atomic mass is 32.1. The molecule has 0 radical (unpaired) electrons. The highest BCUT2D eigenvalue weighted by molar-refractivity contribution is 7.80. The highest BCUT2D eigenvalue weighted by Gasteiger charge is 2.19. The molecule has 0 aliphatic heterocycles. The number of rotatable bonds is 4. The molecule has 15 heavy (non-hydrogen) atoms. The van der Waals surface area contributed by atoms with Gasteiger partial charge in [0.2, 0.25) is 0 Å². The van der Waals surface area contributed by atoms with Crippen molar-refractivity contribution in [3.63, 3.8) is 0 Å². The second-order valence-corrected chi connectivity index (χ2v) is 4.66. The second-order valence-electron chi connectivity index (χ2n) is 4.25. The molecule has 4 heteroatoms. The number of hydrogen-bond donors (Lipinski definition) is 3. The van der Waals surface area contributed by atoms with E-state index in [0.717, 1.165) is 5.92 Å². The summed E-state index contributed by atoms with van der Waals surface area (Å²) in [7, 11) is 0. The molecule has 3 nitrogen and oxygen atoms in total. The molecule has 1 saturated carbocycles. The molecule has 0 amide bonds. The van der Waals surface area contributed by atoms with Crippen molar-refractivity contribution in [2.75, 3.05) is 13.2 Å². The summed E-state index contributed by atoms with van der Waals surface area (Å²) in [6.07, 6.45) is 6.38.